The minimum Gasteiger partial charge on any atom is -0.398 e. The summed E-state index contributed by atoms with van der Waals surface area (Å²) in [5.41, 5.74) is 6.43. The van der Waals surface area contributed by atoms with Gasteiger partial charge in [-0.25, -0.2) is 8.42 Å². The number of nitrogens with two attached hydrogens (primary N) is 1. The molecule has 15 heavy (non-hydrogen) atoms. The number of sulfone groups is 1. The van der Waals surface area contributed by atoms with Crippen LogP contribution in [0.5, 0.6) is 0 Å². The van der Waals surface area contributed by atoms with Crippen molar-refractivity contribution < 1.29 is 8.42 Å². The molecule has 0 atom stereocenters. The van der Waals surface area contributed by atoms with Gasteiger partial charge < -0.3 is 5.73 Å². The molecule has 84 valence electrons. The number of benzene rings is 1. The molecule has 1 aromatic rings. The summed E-state index contributed by atoms with van der Waals surface area (Å²) in [5.74, 6) is 0.698. The second kappa shape index (κ2) is 5.23. The van der Waals surface area contributed by atoms with Gasteiger partial charge in [0.2, 0.25) is 0 Å². The van der Waals surface area contributed by atoms with E-state index >= 15 is 0 Å². The zero-order valence-electron chi connectivity index (χ0n) is 8.23. The highest BCUT2D eigenvalue weighted by Gasteiger charge is 2.05. The Bertz CT molecular complexity index is 445. The number of anilines is 1. The summed E-state index contributed by atoms with van der Waals surface area (Å²) in [7, 11) is -2.89. The summed E-state index contributed by atoms with van der Waals surface area (Å²) in [6.07, 6.45) is 1.23. The Kier molecular flexibility index (Phi) is 4.48. The van der Waals surface area contributed by atoms with E-state index in [4.69, 9.17) is 5.73 Å². The van der Waals surface area contributed by atoms with E-state index in [1.165, 1.54) is 18.0 Å². The highest BCUT2D eigenvalue weighted by Crippen LogP contribution is 2.28. The van der Waals surface area contributed by atoms with Crippen molar-refractivity contribution >= 4 is 43.2 Å². The van der Waals surface area contributed by atoms with Crippen molar-refractivity contribution in [3.05, 3.63) is 22.7 Å². The van der Waals surface area contributed by atoms with E-state index in [0.717, 1.165) is 9.37 Å². The Morgan fingerprint density at radius 3 is 2.73 bits per heavy atom. The van der Waals surface area contributed by atoms with Gasteiger partial charge in [-0.2, -0.15) is 0 Å². The van der Waals surface area contributed by atoms with Gasteiger partial charge in [0.15, 0.2) is 0 Å². The van der Waals surface area contributed by atoms with Crippen LogP contribution in [0.25, 0.3) is 0 Å². The average Bonchev–Trinajstić information content (AvgIpc) is 2.09. The van der Waals surface area contributed by atoms with E-state index in [-0.39, 0.29) is 5.75 Å². The molecule has 0 heterocycles. The van der Waals surface area contributed by atoms with Gasteiger partial charge >= 0.3 is 0 Å². The molecule has 2 N–H and O–H groups in total. The van der Waals surface area contributed by atoms with Gasteiger partial charge in [0.1, 0.15) is 9.84 Å². The second-order valence-electron chi connectivity index (χ2n) is 3.16. The average molecular weight is 310 g/mol. The molecule has 0 radical (unpaired) electrons. The molecule has 0 aromatic heterocycles. The highest BCUT2D eigenvalue weighted by atomic mass is 79.9. The summed E-state index contributed by atoms with van der Waals surface area (Å²) in [6, 6.07) is 5.55. The predicted molar refractivity (Wildman–Crippen MR) is 69.0 cm³/mol. The van der Waals surface area contributed by atoms with Crippen LogP contribution in [-0.4, -0.2) is 26.2 Å². The molecule has 0 saturated heterocycles. The molecule has 0 unspecified atom stereocenters. The third-order valence-corrected chi connectivity index (χ3v) is 4.46. The van der Waals surface area contributed by atoms with Crippen LogP contribution in [0.3, 0.4) is 0 Å². The lowest BCUT2D eigenvalue weighted by Gasteiger charge is -2.05. The first-order chi connectivity index (χ1) is 6.88. The Morgan fingerprint density at radius 2 is 2.13 bits per heavy atom. The fourth-order valence-electron chi connectivity index (χ4n) is 0.936. The first-order valence-electron chi connectivity index (χ1n) is 4.24. The zero-order valence-corrected chi connectivity index (χ0v) is 11.5. The monoisotopic (exact) mass is 309 g/mol. The molecule has 1 rings (SSSR count). The Hall–Kier alpha value is -0.200. The predicted octanol–water partition coefficient (Wildman–Crippen LogP) is 2.17. The van der Waals surface area contributed by atoms with Gasteiger partial charge in [-0.15, -0.1) is 11.8 Å². The van der Waals surface area contributed by atoms with Gasteiger partial charge in [-0.05, 0) is 18.2 Å². The normalized spacial score (nSPS) is 11.6. The molecular weight excluding hydrogens is 298 g/mol. The lowest BCUT2D eigenvalue weighted by molar-refractivity contribution is 0.603. The molecule has 3 nitrogen and oxygen atoms in total. The number of hydrogen-bond donors (Lipinski definition) is 1. The Labute approximate surface area is 102 Å². The van der Waals surface area contributed by atoms with Crippen molar-refractivity contribution in [1.29, 1.82) is 0 Å². The molecule has 0 fully saturated rings. The van der Waals surface area contributed by atoms with E-state index < -0.39 is 9.84 Å². The number of halogens is 1. The number of thioether (sulfide) groups is 1. The summed E-state index contributed by atoms with van der Waals surface area (Å²) in [4.78, 5) is 0.910. The van der Waals surface area contributed by atoms with Crippen LogP contribution in [0.1, 0.15) is 0 Å². The smallest absolute Gasteiger partial charge is 0.148 e. The summed E-state index contributed by atoms with van der Waals surface area (Å²) >= 11 is 4.79. The summed E-state index contributed by atoms with van der Waals surface area (Å²) in [6.45, 7) is 0. The molecule has 0 aliphatic carbocycles. The number of hydrogen-bond acceptors (Lipinski definition) is 4. The van der Waals surface area contributed by atoms with Gasteiger partial charge in [-0.3, -0.25) is 0 Å². The van der Waals surface area contributed by atoms with E-state index in [2.05, 4.69) is 15.9 Å². The number of rotatable bonds is 4. The van der Waals surface area contributed by atoms with E-state index in [1.54, 1.807) is 6.07 Å². The van der Waals surface area contributed by atoms with Crippen LogP contribution < -0.4 is 5.73 Å². The third-order valence-electron chi connectivity index (χ3n) is 1.69. The largest absolute Gasteiger partial charge is 0.398 e. The van der Waals surface area contributed by atoms with Crippen LogP contribution in [0.15, 0.2) is 27.6 Å². The summed E-state index contributed by atoms with van der Waals surface area (Å²) < 4.78 is 22.8. The quantitative estimate of drug-likeness (QED) is 0.684. The van der Waals surface area contributed by atoms with Crippen LogP contribution in [0.2, 0.25) is 0 Å². The lowest BCUT2D eigenvalue weighted by Crippen LogP contribution is -2.05. The van der Waals surface area contributed by atoms with Crippen LogP contribution in [0, 0.1) is 0 Å². The molecule has 0 amide bonds. The molecule has 0 spiro atoms. The third kappa shape index (κ3) is 4.90. The SMILES string of the molecule is CS(=O)(=O)CCSc1cc(Br)ccc1N. The molecule has 0 bridgehead atoms. The van der Waals surface area contributed by atoms with Crippen molar-refractivity contribution in [2.45, 2.75) is 4.90 Å². The Morgan fingerprint density at radius 1 is 1.47 bits per heavy atom. The Balaban J connectivity index is 2.61. The lowest BCUT2D eigenvalue weighted by atomic mass is 10.3. The molecule has 6 heteroatoms. The van der Waals surface area contributed by atoms with Gasteiger partial charge in [0.25, 0.3) is 0 Å². The van der Waals surface area contributed by atoms with Crippen LogP contribution in [-0.2, 0) is 9.84 Å². The van der Waals surface area contributed by atoms with E-state index in [0.29, 0.717) is 11.4 Å². The van der Waals surface area contributed by atoms with Crippen molar-refractivity contribution in [2.24, 2.45) is 0 Å². The second-order valence-corrected chi connectivity index (χ2v) is 7.47. The van der Waals surface area contributed by atoms with E-state index in [1.807, 2.05) is 12.1 Å². The maximum absolute atomic E-state index is 10.9. The summed E-state index contributed by atoms with van der Waals surface area (Å²) in [5, 5.41) is 0. The van der Waals surface area contributed by atoms with Crippen LogP contribution >= 0.6 is 27.7 Å². The van der Waals surface area contributed by atoms with Gasteiger partial charge in [0, 0.05) is 27.1 Å². The van der Waals surface area contributed by atoms with Gasteiger partial charge in [-0.1, -0.05) is 15.9 Å². The molecule has 0 aliphatic rings. The van der Waals surface area contributed by atoms with Crippen molar-refractivity contribution in [3.63, 3.8) is 0 Å². The molecule has 0 aliphatic heterocycles. The standard InChI is InChI=1S/C9H12BrNO2S2/c1-15(12,13)5-4-14-9-6-7(10)2-3-8(9)11/h2-3,6H,4-5,11H2,1H3. The zero-order chi connectivity index (χ0) is 11.5. The molecule has 0 saturated carbocycles. The topological polar surface area (TPSA) is 60.2 Å². The highest BCUT2D eigenvalue weighted by molar-refractivity contribution is 9.10. The first-order valence-corrected chi connectivity index (χ1v) is 8.08. The van der Waals surface area contributed by atoms with E-state index in [9.17, 15) is 8.42 Å². The number of nitrogen functional groups attached to an aromatic ring is 1. The van der Waals surface area contributed by atoms with Gasteiger partial charge in [0.05, 0.1) is 5.75 Å². The van der Waals surface area contributed by atoms with Crippen LogP contribution in [0.4, 0.5) is 5.69 Å². The fraction of sp³-hybridized carbons (Fsp3) is 0.333. The fourth-order valence-corrected chi connectivity index (χ4v) is 3.66. The van der Waals surface area contributed by atoms with Crippen molar-refractivity contribution in [3.8, 4) is 0 Å². The molecule has 1 aromatic carbocycles. The molecular formula is C9H12BrNO2S2. The maximum atomic E-state index is 10.9. The van der Waals surface area contributed by atoms with Crippen molar-refractivity contribution in [1.82, 2.24) is 0 Å². The minimum atomic E-state index is -2.89. The minimum absolute atomic E-state index is 0.170. The first kappa shape index (κ1) is 12.9. The van der Waals surface area contributed by atoms with Crippen molar-refractivity contribution in [2.75, 3.05) is 23.5 Å². The maximum Gasteiger partial charge on any atom is 0.148 e.